The third kappa shape index (κ3) is 4.24. The molecular weight excluding hydrogens is 288 g/mol. The van der Waals surface area contributed by atoms with Crippen LogP contribution in [0.25, 0.3) is 0 Å². The van der Waals surface area contributed by atoms with Gasteiger partial charge in [0.1, 0.15) is 0 Å². The van der Waals surface area contributed by atoms with E-state index in [2.05, 4.69) is 42.8 Å². The van der Waals surface area contributed by atoms with Gasteiger partial charge < -0.3 is 0 Å². The van der Waals surface area contributed by atoms with Crippen molar-refractivity contribution in [3.63, 3.8) is 0 Å². The SMILES string of the molecule is CCCCCC(c1ccccc1C(=O)Br)C(C)C. The zero-order valence-electron chi connectivity index (χ0n) is 11.6. The lowest BCUT2D eigenvalue weighted by Gasteiger charge is -2.23. The first-order chi connectivity index (χ1) is 8.57. The van der Waals surface area contributed by atoms with Crippen LogP contribution in [0.5, 0.6) is 0 Å². The maximum absolute atomic E-state index is 11.6. The fourth-order valence-electron chi connectivity index (χ4n) is 2.46. The van der Waals surface area contributed by atoms with Gasteiger partial charge in [0.15, 0.2) is 0 Å². The Kier molecular flexibility index (Phi) is 6.62. The lowest BCUT2D eigenvalue weighted by atomic mass is 9.82. The van der Waals surface area contributed by atoms with Crippen molar-refractivity contribution in [2.24, 2.45) is 5.92 Å². The summed E-state index contributed by atoms with van der Waals surface area (Å²) in [6, 6.07) is 7.98. The molecule has 0 saturated carbocycles. The summed E-state index contributed by atoms with van der Waals surface area (Å²) in [6.45, 7) is 6.71. The summed E-state index contributed by atoms with van der Waals surface area (Å²) in [7, 11) is 0. The highest BCUT2D eigenvalue weighted by Crippen LogP contribution is 2.32. The molecule has 0 aliphatic heterocycles. The van der Waals surface area contributed by atoms with Gasteiger partial charge in [-0.15, -0.1) is 0 Å². The Labute approximate surface area is 119 Å². The number of halogens is 1. The zero-order chi connectivity index (χ0) is 13.5. The molecule has 0 aromatic heterocycles. The molecule has 0 fully saturated rings. The lowest BCUT2D eigenvalue weighted by molar-refractivity contribution is 0.109. The molecule has 0 aliphatic rings. The Balaban J connectivity index is 2.94. The molecule has 0 heterocycles. The lowest BCUT2D eigenvalue weighted by Crippen LogP contribution is -2.10. The molecule has 1 atom stereocenters. The van der Waals surface area contributed by atoms with Crippen molar-refractivity contribution in [3.8, 4) is 0 Å². The van der Waals surface area contributed by atoms with E-state index in [0.717, 1.165) is 5.56 Å². The molecule has 0 amide bonds. The van der Waals surface area contributed by atoms with Gasteiger partial charge in [-0.1, -0.05) is 64.3 Å². The Morgan fingerprint density at radius 1 is 1.22 bits per heavy atom. The number of unbranched alkanes of at least 4 members (excludes halogenated alkanes) is 2. The molecule has 1 rings (SSSR count). The number of rotatable bonds is 7. The van der Waals surface area contributed by atoms with E-state index in [1.165, 1.54) is 31.2 Å². The topological polar surface area (TPSA) is 17.1 Å². The molecule has 0 aliphatic carbocycles. The van der Waals surface area contributed by atoms with E-state index < -0.39 is 0 Å². The van der Waals surface area contributed by atoms with Gasteiger partial charge in [0.2, 0.25) is 4.69 Å². The molecule has 0 radical (unpaired) electrons. The van der Waals surface area contributed by atoms with E-state index in [-0.39, 0.29) is 4.69 Å². The highest BCUT2D eigenvalue weighted by Gasteiger charge is 2.20. The first kappa shape index (κ1) is 15.4. The van der Waals surface area contributed by atoms with Crippen molar-refractivity contribution >= 4 is 20.6 Å². The van der Waals surface area contributed by atoms with E-state index in [1.54, 1.807) is 0 Å². The molecule has 1 aromatic carbocycles. The van der Waals surface area contributed by atoms with Crippen molar-refractivity contribution in [3.05, 3.63) is 35.4 Å². The standard InChI is InChI=1S/C16H23BrO/c1-4-5-6-9-13(12(2)3)14-10-7-8-11-15(14)16(17)18/h7-8,10-13H,4-6,9H2,1-3H3. The van der Waals surface area contributed by atoms with Crippen molar-refractivity contribution < 1.29 is 4.79 Å². The molecule has 18 heavy (non-hydrogen) atoms. The second-order valence-electron chi connectivity index (χ2n) is 5.21. The molecule has 1 unspecified atom stereocenters. The predicted molar refractivity (Wildman–Crippen MR) is 81.4 cm³/mol. The van der Waals surface area contributed by atoms with Crippen LogP contribution in [0.2, 0.25) is 0 Å². The molecule has 2 heteroatoms. The van der Waals surface area contributed by atoms with Crippen LogP contribution < -0.4 is 0 Å². The maximum Gasteiger partial charge on any atom is 0.228 e. The Bertz CT molecular complexity index is 384. The minimum atomic E-state index is -0.000702. The second kappa shape index (κ2) is 7.73. The van der Waals surface area contributed by atoms with Gasteiger partial charge in [-0.2, -0.15) is 0 Å². The fourth-order valence-corrected chi connectivity index (χ4v) is 2.82. The monoisotopic (exact) mass is 310 g/mol. The Morgan fingerprint density at radius 3 is 2.44 bits per heavy atom. The van der Waals surface area contributed by atoms with Crippen LogP contribution in [0, 0.1) is 5.92 Å². The largest absolute Gasteiger partial charge is 0.281 e. The second-order valence-corrected chi connectivity index (χ2v) is 5.93. The molecule has 1 aromatic rings. The summed E-state index contributed by atoms with van der Waals surface area (Å²) in [5.41, 5.74) is 2.03. The smallest absolute Gasteiger partial charge is 0.228 e. The van der Waals surface area contributed by atoms with Crippen molar-refractivity contribution in [1.29, 1.82) is 0 Å². The van der Waals surface area contributed by atoms with E-state index in [1.807, 2.05) is 18.2 Å². The molecule has 0 bridgehead atoms. The van der Waals surface area contributed by atoms with Crippen LogP contribution in [-0.2, 0) is 0 Å². The summed E-state index contributed by atoms with van der Waals surface area (Å²) >= 11 is 3.09. The van der Waals surface area contributed by atoms with Gasteiger partial charge in [0.25, 0.3) is 0 Å². The van der Waals surface area contributed by atoms with Crippen molar-refractivity contribution in [2.75, 3.05) is 0 Å². The highest BCUT2D eigenvalue weighted by molar-refractivity contribution is 9.18. The number of carbonyl (C=O) groups is 1. The van der Waals surface area contributed by atoms with Gasteiger partial charge in [-0.25, -0.2) is 0 Å². The minimum Gasteiger partial charge on any atom is -0.281 e. The predicted octanol–water partition coefficient (Wildman–Crippen LogP) is 5.54. The van der Waals surface area contributed by atoms with Gasteiger partial charge in [-0.3, -0.25) is 4.79 Å². The van der Waals surface area contributed by atoms with Gasteiger partial charge >= 0.3 is 0 Å². The number of benzene rings is 1. The first-order valence-corrected chi connectivity index (χ1v) is 7.66. The highest BCUT2D eigenvalue weighted by atomic mass is 79.9. The number of hydrogen-bond donors (Lipinski definition) is 0. The van der Waals surface area contributed by atoms with Crippen LogP contribution in [0.3, 0.4) is 0 Å². The van der Waals surface area contributed by atoms with Crippen LogP contribution in [-0.4, -0.2) is 4.69 Å². The summed E-state index contributed by atoms with van der Waals surface area (Å²) in [6.07, 6.45) is 4.92. The van der Waals surface area contributed by atoms with Gasteiger partial charge in [-0.05, 0) is 39.8 Å². The van der Waals surface area contributed by atoms with Crippen LogP contribution in [0.15, 0.2) is 24.3 Å². The van der Waals surface area contributed by atoms with Crippen LogP contribution >= 0.6 is 15.9 Å². The maximum atomic E-state index is 11.6. The van der Waals surface area contributed by atoms with Crippen molar-refractivity contribution in [1.82, 2.24) is 0 Å². The number of carbonyl (C=O) groups excluding carboxylic acids is 1. The van der Waals surface area contributed by atoms with E-state index >= 15 is 0 Å². The molecule has 0 saturated heterocycles. The third-order valence-electron chi connectivity index (χ3n) is 3.50. The Morgan fingerprint density at radius 2 is 1.89 bits per heavy atom. The average molecular weight is 311 g/mol. The van der Waals surface area contributed by atoms with Crippen LogP contribution in [0.1, 0.15) is 68.3 Å². The summed E-state index contributed by atoms with van der Waals surface area (Å²) < 4.78 is -0.000702. The van der Waals surface area contributed by atoms with Gasteiger partial charge in [0.05, 0.1) is 0 Å². The average Bonchev–Trinajstić information content (AvgIpc) is 2.34. The normalized spacial score (nSPS) is 12.7. The summed E-state index contributed by atoms with van der Waals surface area (Å²) in [5, 5.41) is 0. The van der Waals surface area contributed by atoms with Gasteiger partial charge in [0, 0.05) is 5.56 Å². The summed E-state index contributed by atoms with van der Waals surface area (Å²) in [4.78, 5) is 11.6. The first-order valence-electron chi connectivity index (χ1n) is 6.86. The molecule has 100 valence electrons. The fraction of sp³-hybridized carbons (Fsp3) is 0.562. The van der Waals surface area contributed by atoms with E-state index in [4.69, 9.17) is 0 Å². The van der Waals surface area contributed by atoms with E-state index in [0.29, 0.717) is 11.8 Å². The molecular formula is C16H23BrO. The minimum absolute atomic E-state index is 0.000702. The van der Waals surface area contributed by atoms with Crippen LogP contribution in [0.4, 0.5) is 0 Å². The van der Waals surface area contributed by atoms with Crippen molar-refractivity contribution in [2.45, 2.75) is 52.4 Å². The van der Waals surface area contributed by atoms with E-state index in [9.17, 15) is 4.79 Å². The molecule has 0 spiro atoms. The number of hydrogen-bond acceptors (Lipinski definition) is 1. The zero-order valence-corrected chi connectivity index (χ0v) is 13.2. The summed E-state index contributed by atoms with van der Waals surface area (Å²) in [5.74, 6) is 1.05. The molecule has 0 N–H and O–H groups in total. The quantitative estimate of drug-likeness (QED) is 0.477. The Hall–Kier alpha value is -0.630. The molecule has 1 nitrogen and oxygen atoms in total. The third-order valence-corrected chi connectivity index (χ3v) is 3.92.